The summed E-state index contributed by atoms with van der Waals surface area (Å²) in [6, 6.07) is 16.1. The Bertz CT molecular complexity index is 985. The molecule has 174 valence electrons. The van der Waals surface area contributed by atoms with Crippen LogP contribution in [0.3, 0.4) is 0 Å². The van der Waals surface area contributed by atoms with Crippen molar-refractivity contribution in [3.05, 3.63) is 71.3 Å². The van der Waals surface area contributed by atoms with Crippen LogP contribution >= 0.6 is 0 Å². The molecular weight excluding hydrogens is 422 g/mol. The average Bonchev–Trinajstić information content (AvgIpc) is 2.82. The number of hydrogen-bond acceptors (Lipinski definition) is 6. The Labute approximate surface area is 193 Å². The number of nitrogens with one attached hydrogen (secondary N) is 2. The van der Waals surface area contributed by atoms with E-state index in [4.69, 9.17) is 9.47 Å². The van der Waals surface area contributed by atoms with E-state index >= 15 is 0 Å². The van der Waals surface area contributed by atoms with E-state index in [-0.39, 0.29) is 18.9 Å². The third-order valence-electron chi connectivity index (χ3n) is 4.89. The number of methoxy groups -OCH3 is 1. The van der Waals surface area contributed by atoms with E-state index in [1.54, 1.807) is 24.3 Å². The van der Waals surface area contributed by atoms with Gasteiger partial charge in [0.15, 0.2) is 0 Å². The van der Waals surface area contributed by atoms with Crippen molar-refractivity contribution >= 4 is 18.0 Å². The van der Waals surface area contributed by atoms with E-state index in [0.29, 0.717) is 17.5 Å². The Morgan fingerprint density at radius 2 is 1.64 bits per heavy atom. The van der Waals surface area contributed by atoms with Crippen LogP contribution in [0, 0.1) is 17.2 Å². The zero-order chi connectivity index (χ0) is 24.2. The highest BCUT2D eigenvalue weighted by Crippen LogP contribution is 2.12. The van der Waals surface area contributed by atoms with Crippen molar-refractivity contribution in [1.29, 1.82) is 5.26 Å². The Morgan fingerprint density at radius 3 is 2.27 bits per heavy atom. The van der Waals surface area contributed by atoms with E-state index < -0.39 is 30.1 Å². The van der Waals surface area contributed by atoms with Crippen LogP contribution in [0.25, 0.3) is 0 Å². The number of nitriles is 1. The normalized spacial score (nSPS) is 12.2. The van der Waals surface area contributed by atoms with Gasteiger partial charge >= 0.3 is 12.1 Å². The monoisotopic (exact) mass is 451 g/mol. The van der Waals surface area contributed by atoms with E-state index in [1.807, 2.05) is 44.2 Å². The fourth-order valence-electron chi connectivity index (χ4n) is 3.25. The van der Waals surface area contributed by atoms with Gasteiger partial charge in [-0.3, -0.25) is 4.79 Å². The second-order valence-electron chi connectivity index (χ2n) is 7.95. The van der Waals surface area contributed by atoms with Crippen molar-refractivity contribution in [1.82, 2.24) is 10.6 Å². The molecule has 2 N–H and O–H groups in total. The minimum absolute atomic E-state index is 0.0679. The largest absolute Gasteiger partial charge is 0.467 e. The summed E-state index contributed by atoms with van der Waals surface area (Å²) in [5.41, 5.74) is 1.83. The molecule has 2 aromatic carbocycles. The van der Waals surface area contributed by atoms with E-state index in [0.717, 1.165) is 5.56 Å². The van der Waals surface area contributed by atoms with E-state index in [1.165, 1.54) is 7.11 Å². The molecule has 8 nitrogen and oxygen atoms in total. The zero-order valence-corrected chi connectivity index (χ0v) is 19.0. The molecule has 2 amide bonds. The molecule has 8 heteroatoms. The smallest absolute Gasteiger partial charge is 0.408 e. The lowest BCUT2D eigenvalue weighted by molar-refractivity contribution is -0.145. The molecule has 2 rings (SSSR count). The lowest BCUT2D eigenvalue weighted by Gasteiger charge is -2.23. The quantitative estimate of drug-likeness (QED) is 0.536. The topological polar surface area (TPSA) is 118 Å². The molecule has 0 radical (unpaired) electrons. The van der Waals surface area contributed by atoms with Crippen molar-refractivity contribution in [2.45, 2.75) is 45.4 Å². The van der Waals surface area contributed by atoms with Crippen LogP contribution in [0.15, 0.2) is 54.6 Å². The molecule has 0 fully saturated rings. The van der Waals surface area contributed by atoms with Gasteiger partial charge in [-0.1, -0.05) is 62.4 Å². The Morgan fingerprint density at radius 1 is 0.970 bits per heavy atom. The van der Waals surface area contributed by atoms with Gasteiger partial charge in [-0.2, -0.15) is 5.26 Å². The molecule has 0 spiro atoms. The maximum atomic E-state index is 13.0. The Balaban J connectivity index is 2.08. The first-order chi connectivity index (χ1) is 15.8. The summed E-state index contributed by atoms with van der Waals surface area (Å²) < 4.78 is 10.1. The Hall–Kier alpha value is -3.86. The highest BCUT2D eigenvalue weighted by atomic mass is 16.5. The summed E-state index contributed by atoms with van der Waals surface area (Å²) in [4.78, 5) is 37.7. The van der Waals surface area contributed by atoms with Gasteiger partial charge in [0, 0.05) is 6.42 Å². The molecule has 0 aliphatic carbocycles. The maximum absolute atomic E-state index is 13.0. The summed E-state index contributed by atoms with van der Waals surface area (Å²) in [6.07, 6.45) is -0.312. The average molecular weight is 452 g/mol. The standard InChI is InChI=1S/C25H29N3O5/c1-17(2)13-21(28-25(31)33-16-18-9-5-4-6-10-18)23(29)27-22(24(30)32-3)14-19-11-7-8-12-20(19)15-26/h4-12,17,21-22H,13-14,16H2,1-3H3,(H,27,29)(H,28,31)/t21-,22+/m0/s1. The number of nitrogens with zero attached hydrogens (tertiary/aromatic N) is 1. The number of ether oxygens (including phenoxy) is 2. The van der Waals surface area contributed by atoms with Crippen molar-refractivity contribution in [2.24, 2.45) is 5.92 Å². The van der Waals surface area contributed by atoms with Crippen LogP contribution < -0.4 is 10.6 Å². The fraction of sp³-hybridized carbons (Fsp3) is 0.360. The van der Waals surface area contributed by atoms with Gasteiger partial charge in [-0.15, -0.1) is 0 Å². The molecule has 0 bridgehead atoms. The highest BCUT2D eigenvalue weighted by Gasteiger charge is 2.29. The second-order valence-corrected chi connectivity index (χ2v) is 7.95. The lowest BCUT2D eigenvalue weighted by Crippen LogP contribution is -2.53. The number of alkyl carbamates (subject to hydrolysis) is 1. The number of amides is 2. The first-order valence-corrected chi connectivity index (χ1v) is 10.7. The molecule has 0 saturated heterocycles. The minimum Gasteiger partial charge on any atom is -0.467 e. The third kappa shape index (κ3) is 8.30. The molecular formula is C25H29N3O5. The van der Waals surface area contributed by atoms with Crippen LogP contribution in [-0.4, -0.2) is 37.2 Å². The SMILES string of the molecule is COC(=O)[C@@H](Cc1ccccc1C#N)NC(=O)[C@H](CC(C)C)NC(=O)OCc1ccccc1. The fourth-order valence-corrected chi connectivity index (χ4v) is 3.25. The van der Waals surface area contributed by atoms with E-state index in [9.17, 15) is 19.6 Å². The number of carbonyl (C=O) groups is 3. The number of rotatable bonds is 10. The minimum atomic E-state index is -1.02. The first kappa shape index (κ1) is 25.4. The predicted octanol–water partition coefficient (Wildman–Crippen LogP) is 3.10. The molecule has 33 heavy (non-hydrogen) atoms. The van der Waals surface area contributed by atoms with Crippen LogP contribution in [0.4, 0.5) is 4.79 Å². The van der Waals surface area contributed by atoms with Gasteiger partial charge in [0.05, 0.1) is 18.7 Å². The van der Waals surface area contributed by atoms with Gasteiger partial charge in [-0.25, -0.2) is 9.59 Å². The van der Waals surface area contributed by atoms with Crippen molar-refractivity contribution in [2.75, 3.05) is 7.11 Å². The van der Waals surface area contributed by atoms with Crippen molar-refractivity contribution in [3.63, 3.8) is 0 Å². The van der Waals surface area contributed by atoms with E-state index in [2.05, 4.69) is 16.7 Å². The van der Waals surface area contributed by atoms with Crippen LogP contribution in [0.1, 0.15) is 37.0 Å². The molecule has 0 saturated carbocycles. The van der Waals surface area contributed by atoms with Crippen LogP contribution in [0.5, 0.6) is 0 Å². The number of esters is 1. The van der Waals surface area contributed by atoms with Gasteiger partial charge in [0.2, 0.25) is 5.91 Å². The number of hydrogen-bond donors (Lipinski definition) is 2. The molecule has 2 atom stereocenters. The maximum Gasteiger partial charge on any atom is 0.408 e. The molecule has 2 aromatic rings. The summed E-state index contributed by atoms with van der Waals surface area (Å²) in [7, 11) is 1.22. The van der Waals surface area contributed by atoms with Crippen LogP contribution in [0.2, 0.25) is 0 Å². The second kappa shape index (κ2) is 12.9. The van der Waals surface area contributed by atoms with Crippen molar-refractivity contribution in [3.8, 4) is 6.07 Å². The zero-order valence-electron chi connectivity index (χ0n) is 19.0. The van der Waals surface area contributed by atoms with Gasteiger partial charge in [0.25, 0.3) is 0 Å². The first-order valence-electron chi connectivity index (χ1n) is 10.7. The highest BCUT2D eigenvalue weighted by molar-refractivity contribution is 5.89. The van der Waals surface area contributed by atoms with Gasteiger partial charge < -0.3 is 20.1 Å². The molecule has 0 aliphatic heterocycles. The number of carbonyl (C=O) groups excluding carboxylic acids is 3. The third-order valence-corrected chi connectivity index (χ3v) is 4.89. The molecule has 0 heterocycles. The van der Waals surface area contributed by atoms with Gasteiger partial charge in [-0.05, 0) is 29.5 Å². The van der Waals surface area contributed by atoms with Crippen LogP contribution in [-0.2, 0) is 32.1 Å². The summed E-state index contributed by atoms with van der Waals surface area (Å²) in [6.45, 7) is 3.90. The molecule has 0 aliphatic rings. The predicted molar refractivity (Wildman–Crippen MR) is 122 cm³/mol. The lowest BCUT2D eigenvalue weighted by atomic mass is 9.99. The summed E-state index contributed by atoms with van der Waals surface area (Å²) >= 11 is 0. The molecule has 0 aromatic heterocycles. The Kier molecular flexibility index (Phi) is 9.90. The number of benzene rings is 2. The van der Waals surface area contributed by atoms with Gasteiger partial charge in [0.1, 0.15) is 18.7 Å². The summed E-state index contributed by atoms with van der Waals surface area (Å²) in [5, 5.41) is 14.6. The summed E-state index contributed by atoms with van der Waals surface area (Å²) in [5.74, 6) is -1.10. The van der Waals surface area contributed by atoms with Crippen molar-refractivity contribution < 1.29 is 23.9 Å². The molecule has 0 unspecified atom stereocenters.